The van der Waals surface area contributed by atoms with E-state index in [-0.39, 0.29) is 17.8 Å². The molecule has 3 heteroatoms. The van der Waals surface area contributed by atoms with Crippen molar-refractivity contribution in [3.05, 3.63) is 36.1 Å². The maximum atomic E-state index is 11.9. The van der Waals surface area contributed by atoms with Crippen LogP contribution in [0.3, 0.4) is 0 Å². The first kappa shape index (κ1) is 16.2. The monoisotopic (exact) mass is 247 g/mol. The van der Waals surface area contributed by atoms with Crippen molar-refractivity contribution in [2.24, 2.45) is 5.92 Å². The molecule has 0 amide bonds. The second-order valence-electron chi connectivity index (χ2n) is 3.93. The molecule has 1 aromatic rings. The van der Waals surface area contributed by atoms with Crippen LogP contribution in [0.5, 0.6) is 0 Å². The molecule has 0 bridgehead atoms. The fourth-order valence-corrected chi connectivity index (χ4v) is 1.62. The number of hydrogen-bond acceptors (Lipinski definition) is 2. The molecule has 1 N–H and O–H groups in total. The number of aliphatic hydroxyl groups is 1. The lowest BCUT2D eigenvalue weighted by molar-refractivity contribution is 0.119. The molecule has 0 spiro atoms. The van der Waals surface area contributed by atoms with E-state index in [4.69, 9.17) is 10.4 Å². The van der Waals surface area contributed by atoms with Crippen molar-refractivity contribution in [1.29, 1.82) is 5.26 Å². The molecule has 0 atom stereocenters. The Morgan fingerprint density at radius 1 is 1.11 bits per heavy atom. The molecule has 1 aromatic carbocycles. The molecule has 1 saturated carbocycles. The zero-order valence-corrected chi connectivity index (χ0v) is 10.3. The van der Waals surface area contributed by atoms with E-state index >= 15 is 0 Å². The lowest BCUT2D eigenvalue weighted by Crippen LogP contribution is -2.16. The van der Waals surface area contributed by atoms with Crippen molar-refractivity contribution in [2.45, 2.75) is 31.8 Å². The van der Waals surface area contributed by atoms with Crippen LogP contribution < -0.4 is 0 Å². The SMILES string of the molecule is C#C.Fc1ccccc1.N#CC1CCC(O)CC1. The number of nitrogens with zero attached hydrogens (tertiary/aromatic N) is 1. The molecule has 2 nitrogen and oxygen atoms in total. The minimum absolute atomic E-state index is 0.130. The van der Waals surface area contributed by atoms with Gasteiger partial charge in [-0.3, -0.25) is 0 Å². The van der Waals surface area contributed by atoms with Gasteiger partial charge in [-0.05, 0) is 37.8 Å². The summed E-state index contributed by atoms with van der Waals surface area (Å²) in [6, 6.07) is 10.2. The Labute approximate surface area is 108 Å². The Hall–Kier alpha value is -1.84. The maximum absolute atomic E-state index is 11.9. The third kappa shape index (κ3) is 7.44. The molecule has 2 rings (SSSR count). The zero-order chi connectivity index (χ0) is 13.8. The summed E-state index contributed by atoms with van der Waals surface area (Å²) in [4.78, 5) is 0. The number of nitriles is 1. The smallest absolute Gasteiger partial charge is 0.123 e. The minimum atomic E-state index is -0.178. The van der Waals surface area contributed by atoms with E-state index in [1.165, 1.54) is 12.1 Å². The Morgan fingerprint density at radius 2 is 1.61 bits per heavy atom. The van der Waals surface area contributed by atoms with Crippen molar-refractivity contribution < 1.29 is 9.50 Å². The fraction of sp³-hybridized carbons (Fsp3) is 0.400. The minimum Gasteiger partial charge on any atom is -0.393 e. The Balaban J connectivity index is 0.000000289. The van der Waals surface area contributed by atoms with E-state index in [9.17, 15) is 4.39 Å². The standard InChI is InChI=1S/C7H11NO.C6H5F.C2H2/c8-5-6-1-3-7(9)4-2-6;7-6-4-2-1-3-5-6;1-2/h6-7,9H,1-4H2;1-5H;1-2H. The summed E-state index contributed by atoms with van der Waals surface area (Å²) >= 11 is 0. The summed E-state index contributed by atoms with van der Waals surface area (Å²) in [5.41, 5.74) is 0. The lowest BCUT2D eigenvalue weighted by Gasteiger charge is -2.19. The first-order valence-corrected chi connectivity index (χ1v) is 5.84. The molecule has 0 aliphatic heterocycles. The highest BCUT2D eigenvalue weighted by Crippen LogP contribution is 2.22. The van der Waals surface area contributed by atoms with Crippen LogP contribution in [0.1, 0.15) is 25.7 Å². The van der Waals surface area contributed by atoms with Gasteiger partial charge in [-0.1, -0.05) is 18.2 Å². The third-order valence-electron chi connectivity index (χ3n) is 2.61. The van der Waals surface area contributed by atoms with Crippen LogP contribution in [0.4, 0.5) is 4.39 Å². The van der Waals surface area contributed by atoms with Crippen molar-refractivity contribution in [2.75, 3.05) is 0 Å². The summed E-state index contributed by atoms with van der Waals surface area (Å²) in [6.07, 6.45) is 11.3. The number of benzene rings is 1. The van der Waals surface area contributed by atoms with Gasteiger partial charge in [0.15, 0.2) is 0 Å². The van der Waals surface area contributed by atoms with Gasteiger partial charge in [0.25, 0.3) is 0 Å². The Bertz CT molecular complexity index is 361. The lowest BCUT2D eigenvalue weighted by atomic mass is 9.89. The molecule has 1 aliphatic carbocycles. The highest BCUT2D eigenvalue weighted by Gasteiger charge is 2.17. The topological polar surface area (TPSA) is 44.0 Å². The molecular weight excluding hydrogens is 229 g/mol. The van der Waals surface area contributed by atoms with Crippen LogP contribution >= 0.6 is 0 Å². The number of halogens is 1. The Morgan fingerprint density at radius 3 is 1.94 bits per heavy atom. The van der Waals surface area contributed by atoms with Crippen LogP contribution in [0.25, 0.3) is 0 Å². The highest BCUT2D eigenvalue weighted by atomic mass is 19.1. The molecular formula is C15H18FNO. The van der Waals surface area contributed by atoms with E-state index in [2.05, 4.69) is 18.9 Å². The zero-order valence-electron chi connectivity index (χ0n) is 10.3. The van der Waals surface area contributed by atoms with Crippen molar-refractivity contribution in [3.63, 3.8) is 0 Å². The van der Waals surface area contributed by atoms with E-state index in [1.54, 1.807) is 18.2 Å². The molecule has 96 valence electrons. The van der Waals surface area contributed by atoms with E-state index in [0.29, 0.717) is 0 Å². The van der Waals surface area contributed by atoms with E-state index in [1.807, 2.05) is 0 Å². The van der Waals surface area contributed by atoms with Crippen molar-refractivity contribution >= 4 is 0 Å². The van der Waals surface area contributed by atoms with Crippen LogP contribution in [0.15, 0.2) is 30.3 Å². The van der Waals surface area contributed by atoms with Gasteiger partial charge >= 0.3 is 0 Å². The first-order valence-electron chi connectivity index (χ1n) is 5.84. The van der Waals surface area contributed by atoms with Gasteiger partial charge in [-0.2, -0.15) is 5.26 Å². The average molecular weight is 247 g/mol. The fourth-order valence-electron chi connectivity index (χ4n) is 1.62. The molecule has 1 aliphatic rings. The van der Waals surface area contributed by atoms with Gasteiger partial charge in [-0.25, -0.2) is 4.39 Å². The number of terminal acetylenes is 1. The molecule has 1 fully saturated rings. The van der Waals surface area contributed by atoms with Gasteiger partial charge in [0, 0.05) is 5.92 Å². The van der Waals surface area contributed by atoms with Gasteiger partial charge in [0.2, 0.25) is 0 Å². The van der Waals surface area contributed by atoms with Crippen LogP contribution in [0.2, 0.25) is 0 Å². The second kappa shape index (κ2) is 10.3. The molecule has 0 unspecified atom stereocenters. The third-order valence-corrected chi connectivity index (χ3v) is 2.61. The number of rotatable bonds is 0. The van der Waals surface area contributed by atoms with Gasteiger partial charge < -0.3 is 5.11 Å². The largest absolute Gasteiger partial charge is 0.393 e. The normalized spacial score (nSPS) is 21.3. The molecule has 0 aromatic heterocycles. The summed E-state index contributed by atoms with van der Waals surface area (Å²) in [5, 5.41) is 17.5. The predicted molar refractivity (Wildman–Crippen MR) is 69.9 cm³/mol. The Kier molecular flexibility index (Phi) is 9.27. The van der Waals surface area contributed by atoms with E-state index in [0.717, 1.165) is 25.7 Å². The number of aliphatic hydroxyl groups excluding tert-OH is 1. The van der Waals surface area contributed by atoms with Crippen molar-refractivity contribution in [1.82, 2.24) is 0 Å². The molecule has 18 heavy (non-hydrogen) atoms. The molecule has 0 radical (unpaired) electrons. The van der Waals surface area contributed by atoms with Gasteiger partial charge in [-0.15, -0.1) is 12.8 Å². The molecule has 0 saturated heterocycles. The quantitative estimate of drug-likeness (QED) is 0.716. The van der Waals surface area contributed by atoms with Crippen molar-refractivity contribution in [3.8, 4) is 18.9 Å². The summed E-state index contributed by atoms with van der Waals surface area (Å²) in [5.74, 6) is 0.0379. The van der Waals surface area contributed by atoms with Crippen LogP contribution in [0, 0.1) is 35.9 Å². The summed E-state index contributed by atoms with van der Waals surface area (Å²) < 4.78 is 11.9. The maximum Gasteiger partial charge on any atom is 0.123 e. The summed E-state index contributed by atoms with van der Waals surface area (Å²) in [7, 11) is 0. The van der Waals surface area contributed by atoms with Gasteiger partial charge in [0.1, 0.15) is 5.82 Å². The second-order valence-corrected chi connectivity index (χ2v) is 3.93. The van der Waals surface area contributed by atoms with Crippen LogP contribution in [-0.4, -0.2) is 11.2 Å². The van der Waals surface area contributed by atoms with Crippen LogP contribution in [-0.2, 0) is 0 Å². The molecule has 0 heterocycles. The predicted octanol–water partition coefficient (Wildman–Crippen LogP) is 3.14. The van der Waals surface area contributed by atoms with Gasteiger partial charge in [0.05, 0.1) is 12.2 Å². The highest BCUT2D eigenvalue weighted by molar-refractivity contribution is 5.02. The number of hydrogen-bond donors (Lipinski definition) is 1. The summed E-state index contributed by atoms with van der Waals surface area (Å²) in [6.45, 7) is 0. The average Bonchev–Trinajstić information content (AvgIpc) is 2.43. The first-order chi connectivity index (χ1) is 8.72. The van der Waals surface area contributed by atoms with E-state index < -0.39 is 0 Å².